The van der Waals surface area contributed by atoms with Gasteiger partial charge in [0.25, 0.3) is 11.5 Å². The van der Waals surface area contributed by atoms with E-state index in [1.807, 2.05) is 4.90 Å². The van der Waals surface area contributed by atoms with Gasteiger partial charge >= 0.3 is 0 Å². The molecule has 1 spiro atoms. The van der Waals surface area contributed by atoms with Gasteiger partial charge in [-0.2, -0.15) is 0 Å². The molecule has 0 bridgehead atoms. The summed E-state index contributed by atoms with van der Waals surface area (Å²) in [6.07, 6.45) is 16.0. The number of aromatic nitrogens is 1. The summed E-state index contributed by atoms with van der Waals surface area (Å²) in [6.45, 7) is 1.28. The maximum absolute atomic E-state index is 13.2. The van der Waals surface area contributed by atoms with E-state index in [9.17, 15) is 19.5 Å². The molecule has 0 radical (unpaired) electrons. The highest BCUT2D eigenvalue weighted by Gasteiger charge is 2.55. The number of hydrogen-bond donors (Lipinski definition) is 1. The molecule has 1 saturated heterocycles. The van der Waals surface area contributed by atoms with E-state index in [2.05, 4.69) is 0 Å². The summed E-state index contributed by atoms with van der Waals surface area (Å²) < 4.78 is 1.57. The van der Waals surface area contributed by atoms with Gasteiger partial charge in [-0.05, 0) is 55.9 Å². The third-order valence-electron chi connectivity index (χ3n) is 9.92. The Balaban J connectivity index is 1.34. The van der Waals surface area contributed by atoms with Crippen LogP contribution in [0.2, 0.25) is 0 Å². The van der Waals surface area contributed by atoms with Crippen molar-refractivity contribution < 1.29 is 14.7 Å². The molecule has 5 rings (SSSR count). The zero-order valence-electron chi connectivity index (χ0n) is 22.8. The monoisotopic (exact) mass is 511 g/mol. The van der Waals surface area contributed by atoms with Crippen LogP contribution in [-0.4, -0.2) is 64.1 Å². The molecule has 37 heavy (non-hydrogen) atoms. The van der Waals surface area contributed by atoms with Crippen molar-refractivity contribution in [1.29, 1.82) is 0 Å². The standard InChI is InChI=1S/C30H45N3O4/c1-31(2)28(36)25-19-33(27(35)18-24(25)23-11-12-23)21-30(37)16-17-32(20-29(30)14-6-7-15-29)26(34)13-10-22-8-4-3-5-9-22/h18-19,22-23,37H,3-17,20-21H2,1-2H3. The quantitative estimate of drug-likeness (QED) is 0.591. The van der Waals surface area contributed by atoms with Crippen LogP contribution in [0.4, 0.5) is 0 Å². The van der Waals surface area contributed by atoms with Gasteiger partial charge in [-0.25, -0.2) is 0 Å². The van der Waals surface area contributed by atoms with E-state index in [0.717, 1.165) is 50.5 Å². The number of amides is 2. The second-order valence-corrected chi connectivity index (χ2v) is 12.7. The van der Waals surface area contributed by atoms with Gasteiger partial charge in [-0.1, -0.05) is 44.9 Å². The zero-order valence-corrected chi connectivity index (χ0v) is 22.8. The molecule has 1 aromatic rings. The maximum Gasteiger partial charge on any atom is 0.255 e. The fraction of sp³-hybridized carbons (Fsp3) is 0.767. The molecule has 4 aliphatic rings. The predicted octanol–water partition coefficient (Wildman–Crippen LogP) is 4.31. The average molecular weight is 512 g/mol. The van der Waals surface area contributed by atoms with Gasteiger partial charge in [0.15, 0.2) is 0 Å². The van der Waals surface area contributed by atoms with E-state index >= 15 is 0 Å². The van der Waals surface area contributed by atoms with Crippen LogP contribution in [0.25, 0.3) is 0 Å². The molecule has 7 heteroatoms. The zero-order chi connectivity index (χ0) is 26.2. The molecule has 1 N–H and O–H groups in total. The van der Waals surface area contributed by atoms with Gasteiger partial charge in [-0.3, -0.25) is 14.4 Å². The topological polar surface area (TPSA) is 82.8 Å². The minimum absolute atomic E-state index is 0.100. The Hall–Kier alpha value is -2.15. The smallest absolute Gasteiger partial charge is 0.255 e. The minimum Gasteiger partial charge on any atom is -0.387 e. The van der Waals surface area contributed by atoms with Gasteiger partial charge < -0.3 is 19.5 Å². The molecule has 1 atom stereocenters. The Labute approximate surface area is 221 Å². The summed E-state index contributed by atoms with van der Waals surface area (Å²) >= 11 is 0. The van der Waals surface area contributed by atoms with Crippen LogP contribution in [0.1, 0.15) is 112 Å². The Bertz CT molecular complexity index is 1060. The highest BCUT2D eigenvalue weighted by Crippen LogP contribution is 2.52. The van der Waals surface area contributed by atoms with Gasteiger partial charge in [0.2, 0.25) is 5.91 Å². The maximum atomic E-state index is 13.2. The molecule has 0 aromatic carbocycles. The normalized spacial score (nSPS) is 26.0. The van der Waals surface area contributed by atoms with Crippen LogP contribution in [0, 0.1) is 11.3 Å². The van der Waals surface area contributed by atoms with Crippen LogP contribution in [0.5, 0.6) is 0 Å². The number of piperidine rings is 1. The van der Waals surface area contributed by atoms with Crippen LogP contribution in [0.15, 0.2) is 17.1 Å². The van der Waals surface area contributed by atoms with Crippen molar-refractivity contribution in [3.8, 4) is 0 Å². The van der Waals surface area contributed by atoms with E-state index in [0.29, 0.717) is 37.4 Å². The van der Waals surface area contributed by atoms with Crippen molar-refractivity contribution in [2.75, 3.05) is 27.2 Å². The summed E-state index contributed by atoms with van der Waals surface area (Å²) in [5.41, 5.74) is -0.198. The van der Waals surface area contributed by atoms with Gasteiger partial charge in [0, 0.05) is 51.3 Å². The van der Waals surface area contributed by atoms with Crippen molar-refractivity contribution in [3.05, 3.63) is 33.7 Å². The van der Waals surface area contributed by atoms with Crippen molar-refractivity contribution in [3.63, 3.8) is 0 Å². The number of hydrogen-bond acceptors (Lipinski definition) is 4. The Kier molecular flexibility index (Phi) is 7.54. The molecule has 3 aliphatic carbocycles. The van der Waals surface area contributed by atoms with Gasteiger partial charge in [0.05, 0.1) is 17.7 Å². The number of nitrogens with zero attached hydrogens (tertiary/aromatic N) is 3. The van der Waals surface area contributed by atoms with E-state index in [1.54, 1.807) is 35.8 Å². The third-order valence-corrected chi connectivity index (χ3v) is 9.92. The number of carbonyl (C=O) groups excluding carboxylic acids is 2. The fourth-order valence-corrected chi connectivity index (χ4v) is 7.42. The summed E-state index contributed by atoms with van der Waals surface area (Å²) in [6, 6.07) is 1.63. The lowest BCUT2D eigenvalue weighted by atomic mass is 9.65. The van der Waals surface area contributed by atoms with E-state index in [4.69, 9.17) is 0 Å². The summed E-state index contributed by atoms with van der Waals surface area (Å²) in [7, 11) is 3.47. The molecular weight excluding hydrogens is 466 g/mol. The molecule has 1 aliphatic heterocycles. The second kappa shape index (κ2) is 10.5. The summed E-state index contributed by atoms with van der Waals surface area (Å²) in [5.74, 6) is 1.10. The van der Waals surface area contributed by atoms with Crippen molar-refractivity contribution in [2.45, 2.75) is 108 Å². The lowest BCUT2D eigenvalue weighted by molar-refractivity contribution is -0.160. The molecule has 204 valence electrons. The Morgan fingerprint density at radius 2 is 1.73 bits per heavy atom. The molecule has 2 amide bonds. The Morgan fingerprint density at radius 3 is 2.38 bits per heavy atom. The van der Waals surface area contributed by atoms with E-state index in [1.165, 1.54) is 32.1 Å². The van der Waals surface area contributed by atoms with Gasteiger partial charge in [0.1, 0.15) is 0 Å². The van der Waals surface area contributed by atoms with Crippen molar-refractivity contribution in [2.24, 2.45) is 11.3 Å². The van der Waals surface area contributed by atoms with Gasteiger partial charge in [-0.15, -0.1) is 0 Å². The first-order valence-corrected chi connectivity index (χ1v) is 14.7. The van der Waals surface area contributed by atoms with Crippen LogP contribution >= 0.6 is 0 Å². The summed E-state index contributed by atoms with van der Waals surface area (Å²) in [4.78, 5) is 43.0. The third kappa shape index (κ3) is 5.39. The molecule has 3 saturated carbocycles. The lowest BCUT2D eigenvalue weighted by Gasteiger charge is -2.52. The number of likely N-dealkylation sites (tertiary alicyclic amines) is 1. The average Bonchev–Trinajstić information content (AvgIpc) is 3.63. The van der Waals surface area contributed by atoms with E-state index < -0.39 is 11.0 Å². The number of aliphatic hydroxyl groups is 1. The van der Waals surface area contributed by atoms with Crippen molar-refractivity contribution >= 4 is 11.8 Å². The molecule has 7 nitrogen and oxygen atoms in total. The molecule has 4 fully saturated rings. The fourth-order valence-electron chi connectivity index (χ4n) is 7.42. The molecule has 1 unspecified atom stereocenters. The van der Waals surface area contributed by atoms with Crippen LogP contribution in [0.3, 0.4) is 0 Å². The lowest BCUT2D eigenvalue weighted by Crippen LogP contribution is -2.62. The first kappa shape index (κ1) is 26.5. The first-order chi connectivity index (χ1) is 17.7. The first-order valence-electron chi connectivity index (χ1n) is 14.7. The molecular formula is C30H45N3O4. The van der Waals surface area contributed by atoms with Crippen molar-refractivity contribution in [1.82, 2.24) is 14.4 Å². The second-order valence-electron chi connectivity index (χ2n) is 12.7. The molecule has 2 heterocycles. The summed E-state index contributed by atoms with van der Waals surface area (Å²) in [5, 5.41) is 12.2. The van der Waals surface area contributed by atoms with E-state index in [-0.39, 0.29) is 29.8 Å². The number of rotatable bonds is 7. The highest BCUT2D eigenvalue weighted by molar-refractivity contribution is 5.95. The number of carbonyl (C=O) groups is 2. The van der Waals surface area contributed by atoms with Crippen LogP contribution in [-0.2, 0) is 11.3 Å². The minimum atomic E-state index is -1.08. The SMILES string of the molecule is CN(C)C(=O)c1cn(CC2(O)CCN(C(=O)CCC3CCCCC3)CC23CCCC3)c(=O)cc1C1CC1. The molecule has 1 aromatic heterocycles. The predicted molar refractivity (Wildman–Crippen MR) is 144 cm³/mol. The Morgan fingerprint density at radius 1 is 1.03 bits per heavy atom. The van der Waals surface area contributed by atoms with Crippen LogP contribution < -0.4 is 5.56 Å². The number of pyridine rings is 1. The highest BCUT2D eigenvalue weighted by atomic mass is 16.3. The largest absolute Gasteiger partial charge is 0.387 e.